The van der Waals surface area contributed by atoms with Crippen LogP contribution in [0.2, 0.25) is 0 Å². The minimum atomic E-state index is -3.45. The van der Waals surface area contributed by atoms with E-state index in [9.17, 15) is 8.42 Å². The quantitative estimate of drug-likeness (QED) is 0.780. The van der Waals surface area contributed by atoms with E-state index in [1.165, 1.54) is 12.1 Å². The van der Waals surface area contributed by atoms with Gasteiger partial charge in [0.15, 0.2) is 9.84 Å². The third-order valence-corrected chi connectivity index (χ3v) is 5.32. The van der Waals surface area contributed by atoms with Crippen molar-refractivity contribution in [2.75, 3.05) is 11.5 Å². The first kappa shape index (κ1) is 15.5. The molecule has 7 nitrogen and oxygen atoms in total. The predicted molar refractivity (Wildman–Crippen MR) is 76.1 cm³/mol. The highest BCUT2D eigenvalue weighted by Crippen LogP contribution is 2.19. The van der Waals surface area contributed by atoms with Crippen molar-refractivity contribution in [3.8, 4) is 6.07 Å². The maximum Gasteiger partial charge on any atom is 0.276 e. The number of rotatable bonds is 6. The summed E-state index contributed by atoms with van der Waals surface area (Å²) in [5.74, 6) is 0.486. The molecule has 0 aliphatic heterocycles. The summed E-state index contributed by atoms with van der Waals surface area (Å²) in [6.45, 7) is 0.146. The molecule has 1 heterocycles. The topological polar surface area (TPSA) is 123 Å². The van der Waals surface area contributed by atoms with Crippen LogP contribution in [-0.2, 0) is 16.4 Å². The summed E-state index contributed by atoms with van der Waals surface area (Å²) in [5, 5.41) is 16.5. The highest BCUT2D eigenvalue weighted by molar-refractivity contribution is 8.00. The summed E-state index contributed by atoms with van der Waals surface area (Å²) in [6, 6.07) is 7.85. The minimum absolute atomic E-state index is 0.0904. The van der Waals surface area contributed by atoms with Crippen molar-refractivity contribution in [3.63, 3.8) is 0 Å². The summed E-state index contributed by atoms with van der Waals surface area (Å²) < 4.78 is 29.5. The normalized spacial score (nSPS) is 11.2. The number of aromatic nitrogens is 2. The highest BCUT2D eigenvalue weighted by atomic mass is 32.2. The molecule has 9 heteroatoms. The Morgan fingerprint density at radius 1 is 1.38 bits per heavy atom. The maximum atomic E-state index is 12.1. The van der Waals surface area contributed by atoms with E-state index < -0.39 is 9.84 Å². The van der Waals surface area contributed by atoms with Gasteiger partial charge in [0.2, 0.25) is 5.89 Å². The van der Waals surface area contributed by atoms with Gasteiger partial charge in [0.25, 0.3) is 5.22 Å². The predicted octanol–water partition coefficient (Wildman–Crippen LogP) is 0.966. The van der Waals surface area contributed by atoms with Crippen molar-refractivity contribution in [2.24, 2.45) is 5.73 Å². The molecule has 0 amide bonds. The van der Waals surface area contributed by atoms with Crippen LogP contribution in [0.4, 0.5) is 0 Å². The maximum absolute atomic E-state index is 12.1. The van der Waals surface area contributed by atoms with Crippen LogP contribution in [0.1, 0.15) is 11.5 Å². The smallest absolute Gasteiger partial charge is 0.276 e. The summed E-state index contributed by atoms with van der Waals surface area (Å²) in [6.07, 6.45) is 0. The molecular weight excluding hydrogens is 312 g/mol. The van der Waals surface area contributed by atoms with Crippen molar-refractivity contribution >= 4 is 21.6 Å². The number of nitrogens with zero attached hydrogens (tertiary/aromatic N) is 3. The van der Waals surface area contributed by atoms with Crippen LogP contribution in [0.15, 0.2) is 38.8 Å². The second-order valence-corrected chi connectivity index (χ2v) is 7.13. The van der Waals surface area contributed by atoms with Gasteiger partial charge in [0.1, 0.15) is 0 Å². The molecule has 0 fully saturated rings. The first-order chi connectivity index (χ1) is 10.0. The van der Waals surface area contributed by atoms with E-state index in [0.29, 0.717) is 11.5 Å². The molecule has 21 heavy (non-hydrogen) atoms. The van der Waals surface area contributed by atoms with Gasteiger partial charge >= 0.3 is 0 Å². The molecule has 0 saturated carbocycles. The molecule has 0 atom stereocenters. The number of nitrogens with two attached hydrogens (primary N) is 1. The van der Waals surface area contributed by atoms with E-state index in [1.54, 1.807) is 12.1 Å². The Morgan fingerprint density at radius 2 is 2.19 bits per heavy atom. The van der Waals surface area contributed by atoms with Gasteiger partial charge in [-0.15, -0.1) is 10.2 Å². The Morgan fingerprint density at radius 3 is 2.86 bits per heavy atom. The summed E-state index contributed by atoms with van der Waals surface area (Å²) >= 11 is 1.15. The summed E-state index contributed by atoms with van der Waals surface area (Å²) in [7, 11) is -3.45. The second-order valence-electron chi connectivity index (χ2n) is 3.97. The minimum Gasteiger partial charge on any atom is -0.415 e. The fourth-order valence-corrected chi connectivity index (χ4v) is 3.96. The standard InChI is InChI=1S/C12H12N4O3S2/c13-7-9-2-1-3-10(6-9)21(17,18)5-4-20-12-16-15-11(8-14)19-12/h1-3,6H,4-5,8,14H2. The first-order valence-electron chi connectivity index (χ1n) is 5.93. The lowest BCUT2D eigenvalue weighted by molar-refractivity contribution is 0.415. The third-order valence-electron chi connectivity index (χ3n) is 2.52. The van der Waals surface area contributed by atoms with Gasteiger partial charge in [0.05, 0.1) is 28.8 Å². The molecule has 2 rings (SSSR count). The Hall–Kier alpha value is -1.89. The molecule has 1 aromatic carbocycles. The van der Waals surface area contributed by atoms with E-state index in [1.807, 2.05) is 6.07 Å². The molecule has 0 unspecified atom stereocenters. The van der Waals surface area contributed by atoms with Gasteiger partial charge in [-0.3, -0.25) is 0 Å². The third kappa shape index (κ3) is 4.04. The average molecular weight is 324 g/mol. The molecule has 0 saturated heterocycles. The molecule has 0 radical (unpaired) electrons. The van der Waals surface area contributed by atoms with Gasteiger partial charge in [-0.1, -0.05) is 17.8 Å². The molecule has 0 aliphatic carbocycles. The Balaban J connectivity index is 1.99. The van der Waals surface area contributed by atoms with Crippen molar-refractivity contribution in [1.29, 1.82) is 5.26 Å². The van der Waals surface area contributed by atoms with Gasteiger partial charge in [-0.25, -0.2) is 8.42 Å². The van der Waals surface area contributed by atoms with E-state index >= 15 is 0 Å². The number of sulfone groups is 1. The Bertz CT molecular complexity index is 765. The van der Waals surface area contributed by atoms with Crippen molar-refractivity contribution in [3.05, 3.63) is 35.7 Å². The lowest BCUT2D eigenvalue weighted by Gasteiger charge is -2.03. The average Bonchev–Trinajstić information content (AvgIpc) is 2.95. The van der Waals surface area contributed by atoms with E-state index in [2.05, 4.69) is 10.2 Å². The monoisotopic (exact) mass is 324 g/mol. The lowest BCUT2D eigenvalue weighted by Crippen LogP contribution is -2.09. The zero-order valence-electron chi connectivity index (χ0n) is 10.9. The van der Waals surface area contributed by atoms with Crippen LogP contribution in [0, 0.1) is 11.3 Å². The van der Waals surface area contributed by atoms with Gasteiger partial charge in [0, 0.05) is 5.75 Å². The molecule has 0 bridgehead atoms. The molecule has 2 aromatic rings. The van der Waals surface area contributed by atoms with E-state index in [-0.39, 0.29) is 28.2 Å². The van der Waals surface area contributed by atoms with Crippen LogP contribution in [0.25, 0.3) is 0 Å². The molecule has 0 aliphatic rings. The van der Waals surface area contributed by atoms with Crippen molar-refractivity contribution in [2.45, 2.75) is 16.7 Å². The van der Waals surface area contributed by atoms with Crippen LogP contribution in [0.3, 0.4) is 0 Å². The van der Waals surface area contributed by atoms with Crippen molar-refractivity contribution < 1.29 is 12.8 Å². The molecule has 1 aromatic heterocycles. The van der Waals surface area contributed by atoms with Crippen molar-refractivity contribution in [1.82, 2.24) is 10.2 Å². The van der Waals surface area contributed by atoms with Crippen LogP contribution >= 0.6 is 11.8 Å². The molecule has 2 N–H and O–H groups in total. The summed E-state index contributed by atoms with van der Waals surface area (Å²) in [5.41, 5.74) is 5.65. The van der Waals surface area contributed by atoms with Gasteiger partial charge in [-0.05, 0) is 18.2 Å². The first-order valence-corrected chi connectivity index (χ1v) is 8.57. The number of benzene rings is 1. The summed E-state index contributed by atoms with van der Waals surface area (Å²) in [4.78, 5) is 0.135. The molecular formula is C12H12N4O3S2. The van der Waals surface area contributed by atoms with Crippen LogP contribution in [0.5, 0.6) is 0 Å². The zero-order chi connectivity index (χ0) is 15.3. The van der Waals surface area contributed by atoms with E-state index in [4.69, 9.17) is 15.4 Å². The number of hydrogen-bond acceptors (Lipinski definition) is 8. The van der Waals surface area contributed by atoms with Crippen LogP contribution < -0.4 is 5.73 Å². The second kappa shape index (κ2) is 6.71. The molecule has 0 spiro atoms. The highest BCUT2D eigenvalue weighted by Gasteiger charge is 2.16. The Labute approximate surface area is 126 Å². The van der Waals surface area contributed by atoms with E-state index in [0.717, 1.165) is 11.8 Å². The number of hydrogen-bond donors (Lipinski definition) is 1. The zero-order valence-corrected chi connectivity index (χ0v) is 12.5. The fraction of sp³-hybridized carbons (Fsp3) is 0.250. The number of nitriles is 1. The molecule has 110 valence electrons. The SMILES string of the molecule is N#Cc1cccc(S(=O)(=O)CCSc2nnc(CN)o2)c1. The van der Waals surface area contributed by atoms with Gasteiger partial charge < -0.3 is 10.2 Å². The largest absolute Gasteiger partial charge is 0.415 e. The van der Waals surface area contributed by atoms with Gasteiger partial charge in [-0.2, -0.15) is 5.26 Å². The Kier molecular flexibility index (Phi) is 4.95. The fourth-order valence-electron chi connectivity index (χ4n) is 1.49. The lowest BCUT2D eigenvalue weighted by atomic mass is 10.2. The van der Waals surface area contributed by atoms with Crippen LogP contribution in [-0.4, -0.2) is 30.1 Å². The number of thioether (sulfide) groups is 1.